The van der Waals surface area contributed by atoms with Gasteiger partial charge in [-0.3, -0.25) is 0 Å². The predicted octanol–water partition coefficient (Wildman–Crippen LogP) is 4.27. The van der Waals surface area contributed by atoms with Crippen LogP contribution in [0, 0.1) is 5.82 Å². The third kappa shape index (κ3) is 4.35. The van der Waals surface area contributed by atoms with Crippen molar-refractivity contribution in [3.8, 4) is 16.9 Å². The number of alkyl halides is 3. The van der Waals surface area contributed by atoms with Gasteiger partial charge in [0.05, 0.1) is 5.56 Å². The minimum absolute atomic E-state index is 0. The van der Waals surface area contributed by atoms with Gasteiger partial charge in [-0.2, -0.15) is 13.2 Å². The van der Waals surface area contributed by atoms with Crippen LogP contribution < -0.4 is 10.5 Å². The highest BCUT2D eigenvalue weighted by Gasteiger charge is 2.34. The topological polar surface area (TPSA) is 35.2 Å². The molecule has 0 spiro atoms. The number of nitrogens with two attached hydrogens (primary N) is 1. The lowest BCUT2D eigenvalue weighted by atomic mass is 9.99. The molecule has 0 heterocycles. The van der Waals surface area contributed by atoms with Gasteiger partial charge < -0.3 is 10.5 Å². The van der Waals surface area contributed by atoms with Crippen LogP contribution in [-0.4, -0.2) is 13.2 Å². The number of ether oxygens (including phenoxy) is 1. The number of hydrogen-bond donors (Lipinski definition) is 1. The van der Waals surface area contributed by atoms with E-state index in [0.717, 1.165) is 18.2 Å². The lowest BCUT2D eigenvalue weighted by Crippen LogP contribution is -2.12. The summed E-state index contributed by atoms with van der Waals surface area (Å²) in [6.07, 6.45) is -4.54. The molecule has 0 unspecified atom stereocenters. The third-order valence-electron chi connectivity index (χ3n) is 2.84. The van der Waals surface area contributed by atoms with Gasteiger partial charge in [0.15, 0.2) is 0 Å². The average molecular weight is 336 g/mol. The summed E-state index contributed by atoms with van der Waals surface area (Å²) in [6, 6.07) is 8.52. The molecule has 22 heavy (non-hydrogen) atoms. The third-order valence-corrected chi connectivity index (χ3v) is 2.84. The molecule has 0 saturated carbocycles. The monoisotopic (exact) mass is 335 g/mol. The number of rotatable bonds is 4. The molecule has 0 aliphatic rings. The molecule has 2 rings (SSSR count). The molecular formula is C15H14ClF4NO. The van der Waals surface area contributed by atoms with Crippen LogP contribution >= 0.6 is 12.4 Å². The number of hydrogen-bond acceptors (Lipinski definition) is 2. The van der Waals surface area contributed by atoms with E-state index in [0.29, 0.717) is 0 Å². The Kier molecular flexibility index (Phi) is 6.20. The van der Waals surface area contributed by atoms with Crippen LogP contribution in [0.15, 0.2) is 42.5 Å². The van der Waals surface area contributed by atoms with Gasteiger partial charge in [-0.15, -0.1) is 12.4 Å². The van der Waals surface area contributed by atoms with Gasteiger partial charge in [-0.1, -0.05) is 18.2 Å². The molecule has 0 saturated heterocycles. The van der Waals surface area contributed by atoms with E-state index in [-0.39, 0.29) is 42.4 Å². The van der Waals surface area contributed by atoms with Gasteiger partial charge in [0.25, 0.3) is 0 Å². The molecule has 0 aliphatic carbocycles. The zero-order chi connectivity index (χ0) is 15.5. The molecule has 0 aliphatic heterocycles. The summed E-state index contributed by atoms with van der Waals surface area (Å²) in [5.74, 6) is -0.408. The SMILES string of the molecule is Cl.NCCOc1ccc(-c2ccc(F)cc2)c(C(F)(F)F)c1. The van der Waals surface area contributed by atoms with Crippen LogP contribution in [0.4, 0.5) is 17.6 Å². The smallest absolute Gasteiger partial charge is 0.417 e. The van der Waals surface area contributed by atoms with Crippen LogP contribution in [-0.2, 0) is 6.18 Å². The van der Waals surface area contributed by atoms with Gasteiger partial charge in [-0.25, -0.2) is 4.39 Å². The first-order chi connectivity index (χ1) is 9.91. The summed E-state index contributed by atoms with van der Waals surface area (Å²) in [7, 11) is 0. The summed E-state index contributed by atoms with van der Waals surface area (Å²) in [5, 5.41) is 0. The zero-order valence-electron chi connectivity index (χ0n) is 11.4. The van der Waals surface area contributed by atoms with E-state index in [9.17, 15) is 17.6 Å². The molecule has 2 aromatic rings. The van der Waals surface area contributed by atoms with Crippen LogP contribution in [0.25, 0.3) is 11.1 Å². The summed E-state index contributed by atoms with van der Waals surface area (Å²) in [4.78, 5) is 0. The van der Waals surface area contributed by atoms with Crippen molar-refractivity contribution >= 4 is 12.4 Å². The summed E-state index contributed by atoms with van der Waals surface area (Å²) in [6.45, 7) is 0.342. The molecule has 0 radical (unpaired) electrons. The van der Waals surface area contributed by atoms with E-state index >= 15 is 0 Å². The van der Waals surface area contributed by atoms with Gasteiger partial charge in [-0.05, 0) is 35.4 Å². The van der Waals surface area contributed by atoms with Gasteiger partial charge >= 0.3 is 6.18 Å². The van der Waals surface area contributed by atoms with E-state index < -0.39 is 17.6 Å². The Bertz CT molecular complexity index is 614. The molecule has 2 nitrogen and oxygen atoms in total. The minimum Gasteiger partial charge on any atom is -0.492 e. The van der Waals surface area contributed by atoms with Gasteiger partial charge in [0, 0.05) is 6.54 Å². The van der Waals surface area contributed by atoms with Crippen LogP contribution in [0.3, 0.4) is 0 Å². The highest BCUT2D eigenvalue weighted by atomic mass is 35.5. The standard InChI is InChI=1S/C15H13F4NO.ClH/c16-11-3-1-10(2-4-11)13-6-5-12(21-8-7-20)9-14(13)15(17,18)19;/h1-6,9H,7-8,20H2;1H. The van der Waals surface area contributed by atoms with Crippen molar-refractivity contribution in [2.24, 2.45) is 5.73 Å². The Morgan fingerprint density at radius 2 is 1.64 bits per heavy atom. The predicted molar refractivity (Wildman–Crippen MR) is 78.6 cm³/mol. The molecule has 0 atom stereocenters. The molecule has 2 aromatic carbocycles. The molecule has 0 bridgehead atoms. The fraction of sp³-hybridized carbons (Fsp3) is 0.200. The molecule has 0 amide bonds. The molecular weight excluding hydrogens is 322 g/mol. The minimum atomic E-state index is -4.54. The van der Waals surface area contributed by atoms with Crippen molar-refractivity contribution in [2.45, 2.75) is 6.18 Å². The van der Waals surface area contributed by atoms with Crippen LogP contribution in [0.1, 0.15) is 5.56 Å². The summed E-state index contributed by atoms with van der Waals surface area (Å²) >= 11 is 0. The summed E-state index contributed by atoms with van der Waals surface area (Å²) < 4.78 is 57.5. The maximum Gasteiger partial charge on any atom is 0.417 e. The lowest BCUT2D eigenvalue weighted by Gasteiger charge is -2.15. The molecule has 2 N–H and O–H groups in total. The summed E-state index contributed by atoms with van der Waals surface area (Å²) in [5.41, 5.74) is 4.68. The van der Waals surface area contributed by atoms with Gasteiger partial charge in [0.1, 0.15) is 18.2 Å². The first-order valence-electron chi connectivity index (χ1n) is 6.22. The lowest BCUT2D eigenvalue weighted by molar-refractivity contribution is -0.137. The highest BCUT2D eigenvalue weighted by molar-refractivity contribution is 5.85. The Hall–Kier alpha value is -1.79. The maximum absolute atomic E-state index is 13.2. The Morgan fingerprint density at radius 3 is 2.18 bits per heavy atom. The van der Waals surface area contributed by atoms with Crippen molar-refractivity contribution in [3.63, 3.8) is 0 Å². The van der Waals surface area contributed by atoms with Crippen LogP contribution in [0.5, 0.6) is 5.75 Å². The van der Waals surface area contributed by atoms with Crippen molar-refractivity contribution in [2.75, 3.05) is 13.2 Å². The van der Waals surface area contributed by atoms with E-state index in [2.05, 4.69) is 0 Å². The van der Waals surface area contributed by atoms with Crippen molar-refractivity contribution in [3.05, 3.63) is 53.8 Å². The molecule has 7 heteroatoms. The van der Waals surface area contributed by atoms with Crippen LogP contribution in [0.2, 0.25) is 0 Å². The van der Waals surface area contributed by atoms with E-state index in [1.165, 1.54) is 24.3 Å². The number of halogens is 5. The van der Waals surface area contributed by atoms with Crippen molar-refractivity contribution in [1.29, 1.82) is 0 Å². The maximum atomic E-state index is 13.2. The fourth-order valence-electron chi connectivity index (χ4n) is 1.91. The largest absolute Gasteiger partial charge is 0.492 e. The van der Waals surface area contributed by atoms with E-state index in [4.69, 9.17) is 10.5 Å². The molecule has 120 valence electrons. The first kappa shape index (κ1) is 18.3. The fourth-order valence-corrected chi connectivity index (χ4v) is 1.91. The molecule has 0 aromatic heterocycles. The highest BCUT2D eigenvalue weighted by Crippen LogP contribution is 2.39. The zero-order valence-corrected chi connectivity index (χ0v) is 12.2. The van der Waals surface area contributed by atoms with Crippen molar-refractivity contribution < 1.29 is 22.3 Å². The Morgan fingerprint density at radius 1 is 1.00 bits per heavy atom. The second-order valence-electron chi connectivity index (χ2n) is 4.35. The normalized spacial score (nSPS) is 11.0. The van der Waals surface area contributed by atoms with E-state index in [1.807, 2.05) is 0 Å². The van der Waals surface area contributed by atoms with Crippen molar-refractivity contribution in [1.82, 2.24) is 0 Å². The van der Waals surface area contributed by atoms with E-state index in [1.54, 1.807) is 0 Å². The van der Waals surface area contributed by atoms with Gasteiger partial charge in [0.2, 0.25) is 0 Å². The molecule has 0 fully saturated rings. The average Bonchev–Trinajstić information content (AvgIpc) is 2.45. The second-order valence-corrected chi connectivity index (χ2v) is 4.35. The number of benzene rings is 2. The Labute approximate surface area is 131 Å². The first-order valence-corrected chi connectivity index (χ1v) is 6.22. The quantitative estimate of drug-likeness (QED) is 0.847. The second kappa shape index (κ2) is 7.47. The Balaban J connectivity index is 0.00000242.